The predicted octanol–water partition coefficient (Wildman–Crippen LogP) is 2.99. The lowest BCUT2D eigenvalue weighted by molar-refractivity contribution is 0.184. The van der Waals surface area contributed by atoms with E-state index in [1.54, 1.807) is 7.11 Å². The van der Waals surface area contributed by atoms with Crippen LogP contribution in [-0.2, 0) is 11.3 Å². The first-order valence-electron chi connectivity index (χ1n) is 6.67. The zero-order valence-electron chi connectivity index (χ0n) is 11.7. The number of benzene rings is 1. The molecule has 0 aromatic heterocycles. The van der Waals surface area contributed by atoms with Crippen molar-refractivity contribution in [1.29, 1.82) is 0 Å². The first-order valence-corrected chi connectivity index (χ1v) is 6.67. The monoisotopic (exact) mass is 251 g/mol. The number of rotatable bonds is 9. The number of hydrogen-bond acceptors (Lipinski definition) is 3. The van der Waals surface area contributed by atoms with E-state index in [-0.39, 0.29) is 0 Å². The van der Waals surface area contributed by atoms with Crippen molar-refractivity contribution < 1.29 is 9.47 Å². The van der Waals surface area contributed by atoms with Gasteiger partial charge in [0.1, 0.15) is 5.75 Å². The molecule has 102 valence electrons. The topological polar surface area (TPSA) is 30.5 Å². The highest BCUT2D eigenvalue weighted by Gasteiger charge is 2.03. The standard InChI is InChI=1S/C15H25NO2/c1-13(2)16-12-14-8-4-5-9-15(14)18-11-7-6-10-17-3/h4-5,8-9,13,16H,6-7,10-12H2,1-3H3. The van der Waals surface area contributed by atoms with Gasteiger partial charge in [0.15, 0.2) is 0 Å². The van der Waals surface area contributed by atoms with Gasteiger partial charge in [0.05, 0.1) is 6.61 Å². The highest BCUT2D eigenvalue weighted by atomic mass is 16.5. The van der Waals surface area contributed by atoms with E-state index in [2.05, 4.69) is 31.3 Å². The number of methoxy groups -OCH3 is 1. The Morgan fingerprint density at radius 2 is 1.83 bits per heavy atom. The summed E-state index contributed by atoms with van der Waals surface area (Å²) in [5, 5.41) is 3.41. The Labute approximate surface area is 110 Å². The van der Waals surface area contributed by atoms with Gasteiger partial charge in [0.2, 0.25) is 0 Å². The van der Waals surface area contributed by atoms with Gasteiger partial charge in [-0.05, 0) is 18.9 Å². The van der Waals surface area contributed by atoms with E-state index in [9.17, 15) is 0 Å². The molecule has 0 aliphatic carbocycles. The summed E-state index contributed by atoms with van der Waals surface area (Å²) in [6.07, 6.45) is 2.07. The summed E-state index contributed by atoms with van der Waals surface area (Å²) in [6.45, 7) is 6.70. The third kappa shape index (κ3) is 6.03. The van der Waals surface area contributed by atoms with Crippen LogP contribution in [0.25, 0.3) is 0 Å². The van der Waals surface area contributed by atoms with Crippen LogP contribution in [0.5, 0.6) is 5.75 Å². The minimum absolute atomic E-state index is 0.486. The molecule has 0 heterocycles. The van der Waals surface area contributed by atoms with Crippen LogP contribution in [0.2, 0.25) is 0 Å². The molecule has 0 aliphatic heterocycles. The summed E-state index contributed by atoms with van der Waals surface area (Å²) in [7, 11) is 1.73. The minimum Gasteiger partial charge on any atom is -0.493 e. The largest absolute Gasteiger partial charge is 0.493 e. The smallest absolute Gasteiger partial charge is 0.123 e. The van der Waals surface area contributed by atoms with E-state index < -0.39 is 0 Å². The molecule has 1 N–H and O–H groups in total. The van der Waals surface area contributed by atoms with Gasteiger partial charge in [-0.3, -0.25) is 0 Å². The molecule has 0 saturated carbocycles. The number of hydrogen-bond donors (Lipinski definition) is 1. The third-order valence-corrected chi connectivity index (χ3v) is 2.67. The quantitative estimate of drug-likeness (QED) is 0.684. The van der Waals surface area contributed by atoms with Crippen LogP contribution in [-0.4, -0.2) is 26.4 Å². The van der Waals surface area contributed by atoms with Gasteiger partial charge in [-0.25, -0.2) is 0 Å². The summed E-state index contributed by atoms with van der Waals surface area (Å²) in [4.78, 5) is 0. The second-order valence-electron chi connectivity index (χ2n) is 4.69. The van der Waals surface area contributed by atoms with Gasteiger partial charge in [0, 0.05) is 31.9 Å². The molecule has 1 rings (SSSR count). The van der Waals surface area contributed by atoms with Crippen molar-refractivity contribution in [3.05, 3.63) is 29.8 Å². The van der Waals surface area contributed by atoms with E-state index in [4.69, 9.17) is 9.47 Å². The molecule has 0 aliphatic rings. The first kappa shape index (κ1) is 15.0. The molecule has 3 heteroatoms. The fraction of sp³-hybridized carbons (Fsp3) is 0.600. The minimum atomic E-state index is 0.486. The van der Waals surface area contributed by atoms with Crippen LogP contribution in [0.1, 0.15) is 32.3 Å². The highest BCUT2D eigenvalue weighted by molar-refractivity contribution is 5.33. The molecule has 3 nitrogen and oxygen atoms in total. The average molecular weight is 251 g/mol. The maximum atomic E-state index is 5.82. The van der Waals surface area contributed by atoms with Crippen molar-refractivity contribution in [3.63, 3.8) is 0 Å². The SMILES string of the molecule is COCCCCOc1ccccc1CNC(C)C. The molecule has 1 aromatic rings. The number of para-hydroxylation sites is 1. The summed E-state index contributed by atoms with van der Waals surface area (Å²) >= 11 is 0. The Kier molecular flexibility index (Phi) is 7.46. The van der Waals surface area contributed by atoms with Crippen LogP contribution in [0, 0.1) is 0 Å². The van der Waals surface area contributed by atoms with E-state index in [0.29, 0.717) is 6.04 Å². The lowest BCUT2D eigenvalue weighted by Gasteiger charge is -2.13. The summed E-state index contributed by atoms with van der Waals surface area (Å²) in [5.41, 5.74) is 1.22. The lowest BCUT2D eigenvalue weighted by Crippen LogP contribution is -2.22. The Morgan fingerprint density at radius 1 is 1.11 bits per heavy atom. The number of nitrogens with one attached hydrogen (secondary N) is 1. The van der Waals surface area contributed by atoms with E-state index in [0.717, 1.165) is 38.3 Å². The van der Waals surface area contributed by atoms with Crippen LogP contribution in [0.15, 0.2) is 24.3 Å². The molecular weight excluding hydrogens is 226 g/mol. The van der Waals surface area contributed by atoms with Crippen molar-refractivity contribution in [3.8, 4) is 5.75 Å². The van der Waals surface area contributed by atoms with Gasteiger partial charge in [-0.15, -0.1) is 0 Å². The van der Waals surface area contributed by atoms with Gasteiger partial charge >= 0.3 is 0 Å². The van der Waals surface area contributed by atoms with E-state index in [1.165, 1.54) is 5.56 Å². The van der Waals surface area contributed by atoms with Gasteiger partial charge in [-0.1, -0.05) is 32.0 Å². The lowest BCUT2D eigenvalue weighted by atomic mass is 10.2. The molecule has 0 amide bonds. The van der Waals surface area contributed by atoms with Gasteiger partial charge < -0.3 is 14.8 Å². The van der Waals surface area contributed by atoms with Crippen LogP contribution >= 0.6 is 0 Å². The van der Waals surface area contributed by atoms with E-state index >= 15 is 0 Å². The summed E-state index contributed by atoms with van der Waals surface area (Å²) in [6, 6.07) is 8.70. The van der Waals surface area contributed by atoms with Crippen molar-refractivity contribution in [2.45, 2.75) is 39.3 Å². The molecule has 18 heavy (non-hydrogen) atoms. The zero-order chi connectivity index (χ0) is 13.2. The third-order valence-electron chi connectivity index (χ3n) is 2.67. The van der Waals surface area contributed by atoms with Crippen LogP contribution in [0.3, 0.4) is 0 Å². The van der Waals surface area contributed by atoms with Crippen LogP contribution in [0.4, 0.5) is 0 Å². The number of ether oxygens (including phenoxy) is 2. The molecule has 0 saturated heterocycles. The number of unbranched alkanes of at least 4 members (excludes halogenated alkanes) is 1. The molecule has 1 aromatic carbocycles. The van der Waals surface area contributed by atoms with Gasteiger partial charge in [-0.2, -0.15) is 0 Å². The molecule has 0 fully saturated rings. The average Bonchev–Trinajstić information content (AvgIpc) is 2.37. The maximum absolute atomic E-state index is 5.82. The Balaban J connectivity index is 2.38. The van der Waals surface area contributed by atoms with E-state index in [1.807, 2.05) is 12.1 Å². The van der Waals surface area contributed by atoms with Crippen molar-refractivity contribution in [2.75, 3.05) is 20.3 Å². The Bertz CT molecular complexity index is 326. The van der Waals surface area contributed by atoms with Crippen molar-refractivity contribution in [1.82, 2.24) is 5.32 Å². The Hall–Kier alpha value is -1.06. The molecule has 0 atom stereocenters. The van der Waals surface area contributed by atoms with Crippen LogP contribution < -0.4 is 10.1 Å². The highest BCUT2D eigenvalue weighted by Crippen LogP contribution is 2.18. The maximum Gasteiger partial charge on any atom is 0.123 e. The first-order chi connectivity index (χ1) is 8.74. The second kappa shape index (κ2) is 8.95. The van der Waals surface area contributed by atoms with Crippen molar-refractivity contribution in [2.24, 2.45) is 0 Å². The molecule has 0 radical (unpaired) electrons. The predicted molar refractivity (Wildman–Crippen MR) is 75.0 cm³/mol. The fourth-order valence-electron chi connectivity index (χ4n) is 1.64. The second-order valence-corrected chi connectivity index (χ2v) is 4.69. The molecule has 0 spiro atoms. The molecule has 0 bridgehead atoms. The normalized spacial score (nSPS) is 10.9. The van der Waals surface area contributed by atoms with Gasteiger partial charge in [0.25, 0.3) is 0 Å². The summed E-state index contributed by atoms with van der Waals surface area (Å²) < 4.78 is 10.8. The Morgan fingerprint density at radius 3 is 2.56 bits per heavy atom. The molecule has 0 unspecified atom stereocenters. The van der Waals surface area contributed by atoms with Crippen molar-refractivity contribution >= 4 is 0 Å². The fourth-order valence-corrected chi connectivity index (χ4v) is 1.64. The zero-order valence-corrected chi connectivity index (χ0v) is 11.7. The molecular formula is C15H25NO2. The summed E-state index contributed by atoms with van der Waals surface area (Å²) in [5.74, 6) is 0.989.